The molecule has 0 saturated carbocycles. The van der Waals surface area contributed by atoms with Gasteiger partial charge in [-0.3, -0.25) is 19.6 Å². The number of amides is 2. The molecular formula is C11H11N5O2. The van der Waals surface area contributed by atoms with Gasteiger partial charge >= 0.3 is 0 Å². The zero-order chi connectivity index (χ0) is 12.7. The van der Waals surface area contributed by atoms with Gasteiger partial charge in [0.15, 0.2) is 0 Å². The Hall–Kier alpha value is -2.44. The van der Waals surface area contributed by atoms with E-state index >= 15 is 0 Å². The summed E-state index contributed by atoms with van der Waals surface area (Å²) in [6.45, 7) is 0.641. The Morgan fingerprint density at radius 3 is 2.94 bits per heavy atom. The summed E-state index contributed by atoms with van der Waals surface area (Å²) in [5.41, 5.74) is 6.06. The highest BCUT2D eigenvalue weighted by Gasteiger charge is 2.26. The van der Waals surface area contributed by atoms with Crippen LogP contribution in [0.25, 0.3) is 10.9 Å². The number of nitrogens with zero attached hydrogens (tertiary/aromatic N) is 3. The minimum absolute atomic E-state index is 0.0387. The van der Waals surface area contributed by atoms with Gasteiger partial charge in [0.2, 0.25) is 5.91 Å². The zero-order valence-corrected chi connectivity index (χ0v) is 9.51. The second kappa shape index (κ2) is 3.80. The van der Waals surface area contributed by atoms with Gasteiger partial charge in [-0.25, -0.2) is 4.98 Å². The van der Waals surface area contributed by atoms with Crippen molar-refractivity contribution in [1.82, 2.24) is 15.2 Å². The maximum atomic E-state index is 11.7. The second-order valence-corrected chi connectivity index (χ2v) is 4.17. The average Bonchev–Trinajstić information content (AvgIpc) is 2.95. The van der Waals surface area contributed by atoms with E-state index in [9.17, 15) is 9.59 Å². The summed E-state index contributed by atoms with van der Waals surface area (Å²) in [4.78, 5) is 28.8. The molecule has 1 aliphatic heterocycles. The highest BCUT2D eigenvalue weighted by Crippen LogP contribution is 2.28. The number of carbonyl (C=O) groups is 2. The van der Waals surface area contributed by atoms with Gasteiger partial charge in [0.1, 0.15) is 5.82 Å². The molecule has 0 radical (unpaired) electrons. The lowest BCUT2D eigenvalue weighted by molar-refractivity contribution is -0.117. The molecule has 7 heteroatoms. The van der Waals surface area contributed by atoms with Crippen molar-refractivity contribution in [2.24, 2.45) is 5.73 Å². The van der Waals surface area contributed by atoms with E-state index in [-0.39, 0.29) is 11.5 Å². The van der Waals surface area contributed by atoms with Gasteiger partial charge in [0.25, 0.3) is 5.91 Å². The van der Waals surface area contributed by atoms with E-state index in [2.05, 4.69) is 15.2 Å². The first-order valence-electron chi connectivity index (χ1n) is 5.60. The summed E-state index contributed by atoms with van der Waals surface area (Å²) in [5.74, 6) is -0.000812. The fourth-order valence-corrected chi connectivity index (χ4v) is 2.19. The summed E-state index contributed by atoms with van der Waals surface area (Å²) >= 11 is 0. The van der Waals surface area contributed by atoms with E-state index in [1.807, 2.05) is 0 Å². The minimum atomic E-state index is -0.573. The van der Waals surface area contributed by atoms with Crippen molar-refractivity contribution in [2.45, 2.75) is 12.8 Å². The zero-order valence-electron chi connectivity index (χ0n) is 9.51. The number of fused-ring (bicyclic) bond motifs is 1. The molecule has 0 spiro atoms. The molecule has 3 rings (SSSR count). The van der Waals surface area contributed by atoms with Gasteiger partial charge in [-0.2, -0.15) is 5.10 Å². The summed E-state index contributed by atoms with van der Waals surface area (Å²) in [6, 6.07) is 0. The molecule has 18 heavy (non-hydrogen) atoms. The fourth-order valence-electron chi connectivity index (χ4n) is 2.19. The van der Waals surface area contributed by atoms with Crippen LogP contribution < -0.4 is 10.6 Å². The molecular weight excluding hydrogens is 234 g/mol. The van der Waals surface area contributed by atoms with Crippen LogP contribution in [0.15, 0.2) is 12.4 Å². The van der Waals surface area contributed by atoms with E-state index < -0.39 is 5.91 Å². The van der Waals surface area contributed by atoms with Crippen molar-refractivity contribution in [3.8, 4) is 0 Å². The number of rotatable bonds is 2. The molecule has 0 atom stereocenters. The van der Waals surface area contributed by atoms with E-state index in [4.69, 9.17) is 5.73 Å². The maximum Gasteiger partial charge on any atom is 0.252 e. The molecule has 2 aromatic rings. The number of aromatic nitrogens is 3. The van der Waals surface area contributed by atoms with Gasteiger partial charge in [0, 0.05) is 19.2 Å². The van der Waals surface area contributed by atoms with Crippen LogP contribution in [-0.2, 0) is 4.79 Å². The molecule has 0 aliphatic carbocycles. The number of anilines is 1. The Bertz CT molecular complexity index is 648. The number of hydrogen-bond acceptors (Lipinski definition) is 4. The van der Waals surface area contributed by atoms with Crippen LogP contribution >= 0.6 is 0 Å². The van der Waals surface area contributed by atoms with Crippen molar-refractivity contribution >= 4 is 28.5 Å². The van der Waals surface area contributed by atoms with Crippen molar-refractivity contribution in [2.75, 3.05) is 11.4 Å². The number of primary amides is 1. The third-order valence-electron chi connectivity index (χ3n) is 3.06. The molecule has 1 fully saturated rings. The lowest BCUT2D eigenvalue weighted by Crippen LogP contribution is -2.25. The molecule has 92 valence electrons. The van der Waals surface area contributed by atoms with Crippen LogP contribution in [0.5, 0.6) is 0 Å². The summed E-state index contributed by atoms with van der Waals surface area (Å²) in [5, 5.41) is 7.25. The molecule has 3 N–H and O–H groups in total. The first-order chi connectivity index (χ1) is 8.68. The second-order valence-electron chi connectivity index (χ2n) is 4.17. The monoisotopic (exact) mass is 245 g/mol. The van der Waals surface area contributed by atoms with Crippen LogP contribution in [0.1, 0.15) is 23.2 Å². The summed E-state index contributed by atoms with van der Waals surface area (Å²) in [7, 11) is 0. The average molecular weight is 245 g/mol. The normalized spacial score (nSPS) is 15.6. The van der Waals surface area contributed by atoms with Crippen LogP contribution in [0.3, 0.4) is 0 Å². The van der Waals surface area contributed by atoms with Crippen molar-refractivity contribution in [1.29, 1.82) is 0 Å². The lowest BCUT2D eigenvalue weighted by Gasteiger charge is -2.15. The molecule has 2 amide bonds. The molecule has 0 aromatic carbocycles. The molecule has 0 unspecified atom stereocenters. The molecule has 0 bridgehead atoms. The predicted octanol–water partition coefficient (Wildman–Crippen LogP) is 0.184. The Morgan fingerprint density at radius 1 is 1.44 bits per heavy atom. The smallest absolute Gasteiger partial charge is 0.252 e. The van der Waals surface area contributed by atoms with Crippen molar-refractivity contribution < 1.29 is 9.59 Å². The maximum absolute atomic E-state index is 11.7. The number of aromatic amines is 1. The number of nitrogens with two attached hydrogens (primary N) is 1. The number of carbonyl (C=O) groups excluding carboxylic acids is 2. The first-order valence-corrected chi connectivity index (χ1v) is 5.60. The minimum Gasteiger partial charge on any atom is -0.365 e. The van der Waals surface area contributed by atoms with Gasteiger partial charge < -0.3 is 5.73 Å². The molecule has 1 saturated heterocycles. The van der Waals surface area contributed by atoms with Crippen LogP contribution in [-0.4, -0.2) is 33.5 Å². The van der Waals surface area contributed by atoms with E-state index in [1.165, 1.54) is 6.20 Å². The van der Waals surface area contributed by atoms with E-state index in [1.54, 1.807) is 11.1 Å². The van der Waals surface area contributed by atoms with E-state index in [0.717, 1.165) is 6.42 Å². The Morgan fingerprint density at radius 2 is 2.28 bits per heavy atom. The molecule has 7 nitrogen and oxygen atoms in total. The number of pyridine rings is 1. The lowest BCUT2D eigenvalue weighted by atomic mass is 10.2. The van der Waals surface area contributed by atoms with Crippen LogP contribution in [0.4, 0.5) is 5.82 Å². The summed E-state index contributed by atoms with van der Waals surface area (Å²) in [6.07, 6.45) is 4.27. The molecule has 3 heterocycles. The third-order valence-corrected chi connectivity index (χ3v) is 3.06. The molecule has 1 aliphatic rings. The summed E-state index contributed by atoms with van der Waals surface area (Å²) < 4.78 is 0. The molecule has 2 aromatic heterocycles. The quantitative estimate of drug-likeness (QED) is 0.787. The Kier molecular flexibility index (Phi) is 2.26. The number of hydrogen-bond donors (Lipinski definition) is 2. The van der Waals surface area contributed by atoms with E-state index in [0.29, 0.717) is 29.7 Å². The number of H-pyrrole nitrogens is 1. The first kappa shape index (κ1) is 10.7. The highest BCUT2D eigenvalue weighted by molar-refractivity contribution is 6.09. The van der Waals surface area contributed by atoms with Gasteiger partial charge in [0.05, 0.1) is 22.7 Å². The van der Waals surface area contributed by atoms with Gasteiger partial charge in [-0.15, -0.1) is 0 Å². The Balaban J connectivity index is 2.20. The van der Waals surface area contributed by atoms with Gasteiger partial charge in [-0.05, 0) is 6.42 Å². The predicted molar refractivity (Wildman–Crippen MR) is 64.0 cm³/mol. The Labute approximate surface area is 102 Å². The topological polar surface area (TPSA) is 105 Å². The van der Waals surface area contributed by atoms with Crippen molar-refractivity contribution in [3.63, 3.8) is 0 Å². The SMILES string of the molecule is NC(=O)c1cnc(N2CCCC2=O)c2cn[nH]c12. The van der Waals surface area contributed by atoms with Crippen molar-refractivity contribution in [3.05, 3.63) is 18.0 Å². The standard InChI is InChI=1S/C11H11N5O2/c12-10(18)6-4-13-11(7-5-14-15-9(6)7)16-3-1-2-8(16)17/h4-5H,1-3H2,(H2,12,18)(H,14,15). The fraction of sp³-hybridized carbons (Fsp3) is 0.273. The third kappa shape index (κ3) is 1.44. The van der Waals surface area contributed by atoms with Gasteiger partial charge in [-0.1, -0.05) is 0 Å². The van der Waals surface area contributed by atoms with Crippen LogP contribution in [0.2, 0.25) is 0 Å². The number of nitrogens with one attached hydrogen (secondary N) is 1. The largest absolute Gasteiger partial charge is 0.365 e. The van der Waals surface area contributed by atoms with Crippen LogP contribution in [0, 0.1) is 0 Å². The highest BCUT2D eigenvalue weighted by atomic mass is 16.2.